The third-order valence-corrected chi connectivity index (χ3v) is 4.24. The first-order valence-electron chi connectivity index (χ1n) is 7.83. The lowest BCUT2D eigenvalue weighted by molar-refractivity contribution is -0.142. The Morgan fingerprint density at radius 3 is 2.52 bits per heavy atom. The summed E-state index contributed by atoms with van der Waals surface area (Å²) in [5, 5.41) is 22.6. The number of carbonyl (C=O) groups excluding carboxylic acids is 3. The fraction of sp³-hybridized carbons (Fsp3) is 0.714. The Morgan fingerprint density at radius 1 is 1.36 bits per heavy atom. The van der Waals surface area contributed by atoms with Gasteiger partial charge in [0.05, 0.1) is 6.10 Å². The summed E-state index contributed by atoms with van der Waals surface area (Å²) in [6.45, 7) is 1.14. The van der Waals surface area contributed by atoms with Crippen molar-refractivity contribution in [3.63, 3.8) is 0 Å². The van der Waals surface area contributed by atoms with Crippen LogP contribution in [0.4, 0.5) is 0 Å². The molecule has 1 saturated heterocycles. The Kier molecular flexibility index (Phi) is 8.13. The van der Waals surface area contributed by atoms with Crippen LogP contribution in [0.1, 0.15) is 19.8 Å². The Bertz CT molecular complexity index is 529. The van der Waals surface area contributed by atoms with E-state index in [1.54, 1.807) is 0 Å². The van der Waals surface area contributed by atoms with Crippen molar-refractivity contribution >= 4 is 36.3 Å². The van der Waals surface area contributed by atoms with Crippen LogP contribution in [0.5, 0.6) is 0 Å². The predicted octanol–water partition coefficient (Wildman–Crippen LogP) is -2.70. The number of carboxylic acids is 1. The maximum absolute atomic E-state index is 12.4. The molecule has 142 valence electrons. The number of nitrogens with zero attached hydrogens (tertiary/aromatic N) is 1. The van der Waals surface area contributed by atoms with Gasteiger partial charge in [-0.15, -0.1) is 0 Å². The van der Waals surface area contributed by atoms with Gasteiger partial charge in [-0.1, -0.05) is 0 Å². The van der Waals surface area contributed by atoms with E-state index >= 15 is 0 Å². The molecule has 0 spiro atoms. The first-order chi connectivity index (χ1) is 11.7. The normalized spacial score (nSPS) is 20.5. The monoisotopic (exact) mass is 376 g/mol. The van der Waals surface area contributed by atoms with Gasteiger partial charge in [-0.3, -0.25) is 19.2 Å². The molecule has 11 heteroatoms. The maximum atomic E-state index is 12.4. The summed E-state index contributed by atoms with van der Waals surface area (Å²) in [4.78, 5) is 48.3. The largest absolute Gasteiger partial charge is 0.480 e. The lowest BCUT2D eigenvalue weighted by atomic mass is 10.1. The number of hydrogen-bond donors (Lipinski definition) is 6. The second kappa shape index (κ2) is 9.59. The van der Waals surface area contributed by atoms with Crippen LogP contribution in [0, 0.1) is 0 Å². The summed E-state index contributed by atoms with van der Waals surface area (Å²) >= 11 is 3.98. The van der Waals surface area contributed by atoms with E-state index in [1.165, 1.54) is 11.8 Å². The topological polar surface area (TPSA) is 162 Å². The van der Waals surface area contributed by atoms with Crippen molar-refractivity contribution < 1.29 is 29.4 Å². The van der Waals surface area contributed by atoms with Gasteiger partial charge in [0, 0.05) is 12.3 Å². The number of likely N-dealkylation sites (tertiary alicyclic amines) is 1. The second-order valence-electron chi connectivity index (χ2n) is 5.81. The Morgan fingerprint density at radius 2 is 2.00 bits per heavy atom. The molecule has 0 aliphatic carbocycles. The first kappa shape index (κ1) is 21.2. The van der Waals surface area contributed by atoms with Crippen molar-refractivity contribution in [2.45, 2.75) is 44.0 Å². The summed E-state index contributed by atoms with van der Waals surface area (Å²) in [6.07, 6.45) is -0.0587. The van der Waals surface area contributed by atoms with Crippen molar-refractivity contribution in [2.24, 2.45) is 5.73 Å². The average Bonchev–Trinajstić information content (AvgIpc) is 3.05. The predicted molar refractivity (Wildman–Crippen MR) is 90.8 cm³/mol. The van der Waals surface area contributed by atoms with Crippen molar-refractivity contribution in [2.75, 3.05) is 18.8 Å². The number of thiol groups is 1. The van der Waals surface area contributed by atoms with E-state index in [9.17, 15) is 24.3 Å². The number of carboxylic acid groups (broad SMARTS) is 1. The van der Waals surface area contributed by atoms with Gasteiger partial charge < -0.3 is 31.5 Å². The molecule has 1 aliphatic heterocycles. The summed E-state index contributed by atoms with van der Waals surface area (Å²) in [5.74, 6) is -3.01. The molecule has 0 bridgehead atoms. The zero-order valence-electron chi connectivity index (χ0n) is 13.8. The van der Waals surface area contributed by atoms with Gasteiger partial charge in [0.15, 0.2) is 0 Å². The maximum Gasteiger partial charge on any atom is 0.322 e. The van der Waals surface area contributed by atoms with E-state index in [0.29, 0.717) is 19.4 Å². The minimum Gasteiger partial charge on any atom is -0.480 e. The van der Waals surface area contributed by atoms with E-state index in [0.717, 1.165) is 0 Å². The van der Waals surface area contributed by atoms with Crippen molar-refractivity contribution in [3.05, 3.63) is 0 Å². The fourth-order valence-corrected chi connectivity index (χ4v) is 2.71. The highest BCUT2D eigenvalue weighted by Crippen LogP contribution is 2.19. The van der Waals surface area contributed by atoms with Crippen LogP contribution >= 0.6 is 12.6 Å². The summed E-state index contributed by atoms with van der Waals surface area (Å²) in [6, 6.07) is -2.96. The van der Waals surface area contributed by atoms with Gasteiger partial charge in [-0.2, -0.15) is 12.6 Å². The third kappa shape index (κ3) is 5.87. The molecule has 4 unspecified atom stereocenters. The molecule has 0 aromatic heterocycles. The zero-order chi connectivity index (χ0) is 19.1. The molecule has 1 rings (SSSR count). The molecule has 0 saturated carbocycles. The second-order valence-corrected chi connectivity index (χ2v) is 6.18. The van der Waals surface area contributed by atoms with Crippen molar-refractivity contribution in [1.82, 2.24) is 15.5 Å². The molecule has 0 radical (unpaired) electrons. The van der Waals surface area contributed by atoms with Crippen LogP contribution in [0.25, 0.3) is 0 Å². The molecule has 3 amide bonds. The number of amides is 3. The lowest BCUT2D eigenvalue weighted by Gasteiger charge is -2.28. The molecule has 25 heavy (non-hydrogen) atoms. The minimum absolute atomic E-state index is 0.0367. The number of aliphatic carboxylic acids is 1. The molecule has 6 N–H and O–H groups in total. The highest BCUT2D eigenvalue weighted by atomic mass is 32.1. The van der Waals surface area contributed by atoms with E-state index in [2.05, 4.69) is 23.3 Å². The van der Waals surface area contributed by atoms with Crippen LogP contribution in [0.3, 0.4) is 0 Å². The van der Waals surface area contributed by atoms with Gasteiger partial charge in [0.2, 0.25) is 17.7 Å². The van der Waals surface area contributed by atoms with E-state index < -0.39 is 54.5 Å². The van der Waals surface area contributed by atoms with E-state index in [1.807, 2.05) is 0 Å². The standard InChI is InChI=1S/C14H24N4O6S/c1-7(19)11(15)14(24)18-4-2-3-9(18)13(23)17-8(6-25)12(22)16-5-10(20)21/h7-9,11,19,25H,2-6,15H2,1H3,(H,16,22)(H,17,23)(H,20,21). The van der Waals surface area contributed by atoms with Crippen LogP contribution in [-0.4, -0.2) is 81.9 Å². The van der Waals surface area contributed by atoms with Gasteiger partial charge >= 0.3 is 5.97 Å². The molecule has 1 fully saturated rings. The van der Waals surface area contributed by atoms with Crippen LogP contribution in [-0.2, 0) is 19.2 Å². The van der Waals surface area contributed by atoms with Gasteiger partial charge in [0.1, 0.15) is 24.7 Å². The quantitative estimate of drug-likeness (QED) is 0.251. The third-order valence-electron chi connectivity index (χ3n) is 3.87. The summed E-state index contributed by atoms with van der Waals surface area (Å²) in [5.41, 5.74) is 5.64. The Hall–Kier alpha value is -1.85. The van der Waals surface area contributed by atoms with Crippen molar-refractivity contribution in [1.29, 1.82) is 0 Å². The van der Waals surface area contributed by atoms with Gasteiger partial charge in [-0.05, 0) is 19.8 Å². The van der Waals surface area contributed by atoms with E-state index in [4.69, 9.17) is 10.8 Å². The Labute approximate surface area is 150 Å². The highest BCUT2D eigenvalue weighted by Gasteiger charge is 2.38. The minimum atomic E-state index is -1.21. The Balaban J connectivity index is 2.71. The van der Waals surface area contributed by atoms with E-state index in [-0.39, 0.29) is 5.75 Å². The molecule has 10 nitrogen and oxygen atoms in total. The zero-order valence-corrected chi connectivity index (χ0v) is 14.7. The first-order valence-corrected chi connectivity index (χ1v) is 8.47. The number of aliphatic hydroxyl groups excluding tert-OH is 1. The molecule has 4 atom stereocenters. The fourth-order valence-electron chi connectivity index (χ4n) is 2.45. The summed E-state index contributed by atoms with van der Waals surface area (Å²) < 4.78 is 0. The molecular weight excluding hydrogens is 352 g/mol. The van der Waals surface area contributed by atoms with Crippen LogP contribution in [0.2, 0.25) is 0 Å². The molecule has 1 aliphatic rings. The van der Waals surface area contributed by atoms with Crippen molar-refractivity contribution in [3.8, 4) is 0 Å². The van der Waals surface area contributed by atoms with Gasteiger partial charge in [0.25, 0.3) is 0 Å². The molecule has 1 heterocycles. The van der Waals surface area contributed by atoms with Gasteiger partial charge in [-0.25, -0.2) is 0 Å². The number of nitrogens with one attached hydrogen (secondary N) is 2. The number of rotatable bonds is 8. The number of carbonyl (C=O) groups is 4. The summed E-state index contributed by atoms with van der Waals surface area (Å²) in [7, 11) is 0. The molecule has 0 aromatic rings. The van der Waals surface area contributed by atoms with Crippen LogP contribution < -0.4 is 16.4 Å². The molecular formula is C14H24N4O6S. The SMILES string of the molecule is CC(O)C(N)C(=O)N1CCCC1C(=O)NC(CS)C(=O)NCC(=O)O. The lowest BCUT2D eigenvalue weighted by Crippen LogP contribution is -2.57. The number of hydrogen-bond acceptors (Lipinski definition) is 7. The number of aliphatic hydroxyl groups is 1. The van der Waals surface area contributed by atoms with Crippen LogP contribution in [0.15, 0.2) is 0 Å². The average molecular weight is 376 g/mol. The highest BCUT2D eigenvalue weighted by molar-refractivity contribution is 7.80. The molecule has 0 aromatic carbocycles. The number of nitrogens with two attached hydrogens (primary N) is 1. The smallest absolute Gasteiger partial charge is 0.322 e.